The van der Waals surface area contributed by atoms with Gasteiger partial charge in [0.1, 0.15) is 0 Å². The zero-order chi connectivity index (χ0) is 14.9. The third kappa shape index (κ3) is 4.88. The van der Waals surface area contributed by atoms with Gasteiger partial charge in [0, 0.05) is 25.0 Å². The number of aliphatic imine (C=N–C) groups is 1. The Bertz CT molecular complexity index is 508. The maximum absolute atomic E-state index is 11.9. The van der Waals surface area contributed by atoms with Crippen LogP contribution in [0.25, 0.3) is 0 Å². The van der Waals surface area contributed by atoms with E-state index in [1.54, 1.807) is 30.5 Å². The van der Waals surface area contributed by atoms with Crippen molar-refractivity contribution in [2.45, 2.75) is 19.3 Å². The molecule has 5 nitrogen and oxygen atoms in total. The largest absolute Gasteiger partial charge is 0.304 e. The minimum atomic E-state index is -0.350. The molecule has 0 atom stereocenters. The highest BCUT2D eigenvalue weighted by Crippen LogP contribution is 2.07. The van der Waals surface area contributed by atoms with Gasteiger partial charge in [-0.15, -0.1) is 0 Å². The summed E-state index contributed by atoms with van der Waals surface area (Å²) in [7, 11) is 0. The lowest BCUT2D eigenvalue weighted by molar-refractivity contribution is 0.0996. The quantitative estimate of drug-likeness (QED) is 0.492. The minimum absolute atomic E-state index is 0.350. The Kier molecular flexibility index (Phi) is 6.24. The average molecular weight is 287 g/mol. The van der Waals surface area contributed by atoms with E-state index in [-0.39, 0.29) is 5.91 Å². The van der Waals surface area contributed by atoms with Gasteiger partial charge in [-0.3, -0.25) is 14.5 Å². The van der Waals surface area contributed by atoms with Crippen molar-refractivity contribution in [2.24, 2.45) is 4.99 Å². The van der Waals surface area contributed by atoms with Crippen LogP contribution in [0.1, 0.15) is 40.0 Å². The smallest absolute Gasteiger partial charge is 0.277 e. The lowest BCUT2D eigenvalue weighted by Gasteiger charge is -2.26. The number of aldehydes is 1. The van der Waals surface area contributed by atoms with Crippen LogP contribution >= 0.6 is 0 Å². The predicted octanol–water partition coefficient (Wildman–Crippen LogP) is 1.74. The van der Waals surface area contributed by atoms with E-state index in [2.05, 4.69) is 15.2 Å². The highest BCUT2D eigenvalue weighted by Gasteiger charge is 2.09. The standard InChI is InChI=1S/C16H21N3O2/c20-12-14-6-1-2-7-15(14)16(21)18-9-3-4-10-19-11-5-8-17-13-19/h1-2,6-7,9,12,17H,3-5,8,10-11,13H2. The number of benzene rings is 1. The van der Waals surface area contributed by atoms with Crippen LogP contribution in [-0.4, -0.2) is 49.6 Å². The van der Waals surface area contributed by atoms with Crippen molar-refractivity contribution in [1.82, 2.24) is 10.2 Å². The van der Waals surface area contributed by atoms with Crippen molar-refractivity contribution < 1.29 is 9.59 Å². The van der Waals surface area contributed by atoms with E-state index in [1.807, 2.05) is 0 Å². The molecule has 1 heterocycles. The Morgan fingerprint density at radius 1 is 1.38 bits per heavy atom. The van der Waals surface area contributed by atoms with E-state index in [9.17, 15) is 9.59 Å². The fourth-order valence-electron chi connectivity index (χ4n) is 2.35. The lowest BCUT2D eigenvalue weighted by atomic mass is 10.1. The zero-order valence-corrected chi connectivity index (χ0v) is 12.1. The minimum Gasteiger partial charge on any atom is -0.304 e. The van der Waals surface area contributed by atoms with Crippen molar-refractivity contribution in [3.05, 3.63) is 35.4 Å². The summed E-state index contributed by atoms with van der Waals surface area (Å²) in [5, 5.41) is 3.33. The molecular formula is C16H21N3O2. The van der Waals surface area contributed by atoms with Gasteiger partial charge in [0.25, 0.3) is 5.91 Å². The van der Waals surface area contributed by atoms with Crippen LogP contribution in [0, 0.1) is 0 Å². The van der Waals surface area contributed by atoms with E-state index in [0.717, 1.165) is 39.1 Å². The third-order valence-corrected chi connectivity index (χ3v) is 3.50. The van der Waals surface area contributed by atoms with E-state index < -0.39 is 0 Å². The van der Waals surface area contributed by atoms with Crippen molar-refractivity contribution in [3.8, 4) is 0 Å². The predicted molar refractivity (Wildman–Crippen MR) is 82.9 cm³/mol. The van der Waals surface area contributed by atoms with Gasteiger partial charge < -0.3 is 5.32 Å². The number of carbonyl (C=O) groups is 2. The molecule has 0 bridgehead atoms. The highest BCUT2D eigenvalue weighted by molar-refractivity contribution is 6.04. The summed E-state index contributed by atoms with van der Waals surface area (Å²) >= 11 is 0. The van der Waals surface area contributed by atoms with Gasteiger partial charge >= 0.3 is 0 Å². The first-order chi connectivity index (χ1) is 10.3. The van der Waals surface area contributed by atoms with Crippen molar-refractivity contribution >= 4 is 18.4 Å². The summed E-state index contributed by atoms with van der Waals surface area (Å²) in [6, 6.07) is 6.72. The number of carbonyl (C=O) groups excluding carboxylic acids is 2. The number of amides is 1. The van der Waals surface area contributed by atoms with Crippen LogP contribution in [0.3, 0.4) is 0 Å². The molecule has 1 N–H and O–H groups in total. The summed E-state index contributed by atoms with van der Waals surface area (Å²) in [6.07, 6.45) is 5.28. The van der Waals surface area contributed by atoms with Crippen LogP contribution in [0.2, 0.25) is 0 Å². The molecule has 0 saturated carbocycles. The van der Waals surface area contributed by atoms with Gasteiger partial charge in [0.15, 0.2) is 6.29 Å². The molecule has 0 radical (unpaired) electrons. The molecule has 0 aromatic heterocycles. The Balaban J connectivity index is 1.75. The number of nitrogens with zero attached hydrogens (tertiary/aromatic N) is 2. The lowest BCUT2D eigenvalue weighted by Crippen LogP contribution is -2.41. The number of hydrogen-bond donors (Lipinski definition) is 1. The molecule has 0 aliphatic carbocycles. The van der Waals surface area contributed by atoms with Gasteiger partial charge in [-0.1, -0.05) is 18.2 Å². The molecule has 21 heavy (non-hydrogen) atoms. The first-order valence-electron chi connectivity index (χ1n) is 7.35. The Hall–Kier alpha value is -1.85. The molecule has 112 valence electrons. The highest BCUT2D eigenvalue weighted by atomic mass is 16.1. The second-order valence-electron chi connectivity index (χ2n) is 5.09. The van der Waals surface area contributed by atoms with Gasteiger partial charge in [-0.05, 0) is 38.4 Å². The average Bonchev–Trinajstić information content (AvgIpc) is 2.55. The Morgan fingerprint density at radius 2 is 2.24 bits per heavy atom. The summed E-state index contributed by atoms with van der Waals surface area (Å²) in [4.78, 5) is 29.1. The molecule has 5 heteroatoms. The van der Waals surface area contributed by atoms with Gasteiger partial charge in [0.05, 0.1) is 5.56 Å². The molecule has 0 spiro atoms. The molecule has 1 saturated heterocycles. The summed E-state index contributed by atoms with van der Waals surface area (Å²) in [5.74, 6) is -0.350. The topological polar surface area (TPSA) is 61.8 Å². The van der Waals surface area contributed by atoms with Crippen molar-refractivity contribution in [1.29, 1.82) is 0 Å². The monoisotopic (exact) mass is 287 g/mol. The fourth-order valence-corrected chi connectivity index (χ4v) is 2.35. The van der Waals surface area contributed by atoms with Crippen molar-refractivity contribution in [3.63, 3.8) is 0 Å². The molecule has 2 rings (SSSR count). The number of unbranched alkanes of at least 4 members (excludes halogenated alkanes) is 1. The molecule has 1 fully saturated rings. The normalized spacial score (nSPS) is 16.2. The fraction of sp³-hybridized carbons (Fsp3) is 0.438. The second kappa shape index (κ2) is 8.44. The Labute approximate surface area is 125 Å². The second-order valence-corrected chi connectivity index (χ2v) is 5.09. The molecular weight excluding hydrogens is 266 g/mol. The van der Waals surface area contributed by atoms with E-state index in [1.165, 1.54) is 6.42 Å². The maximum atomic E-state index is 11.9. The molecule has 1 aromatic rings. The number of nitrogens with one attached hydrogen (secondary N) is 1. The van der Waals surface area contributed by atoms with Crippen LogP contribution in [-0.2, 0) is 0 Å². The number of rotatable bonds is 6. The molecule has 1 amide bonds. The maximum Gasteiger partial charge on any atom is 0.277 e. The van der Waals surface area contributed by atoms with Gasteiger partial charge in [-0.25, -0.2) is 4.99 Å². The van der Waals surface area contributed by atoms with E-state index in [0.29, 0.717) is 17.4 Å². The molecule has 1 aromatic carbocycles. The zero-order valence-electron chi connectivity index (χ0n) is 12.1. The molecule has 1 aliphatic heterocycles. The van der Waals surface area contributed by atoms with Crippen LogP contribution in [0.5, 0.6) is 0 Å². The summed E-state index contributed by atoms with van der Waals surface area (Å²) in [5.41, 5.74) is 0.753. The van der Waals surface area contributed by atoms with Crippen LogP contribution in [0.15, 0.2) is 29.3 Å². The molecule has 0 unspecified atom stereocenters. The first-order valence-corrected chi connectivity index (χ1v) is 7.35. The van der Waals surface area contributed by atoms with Gasteiger partial charge in [-0.2, -0.15) is 0 Å². The van der Waals surface area contributed by atoms with Gasteiger partial charge in [0.2, 0.25) is 0 Å². The SMILES string of the molecule is O=Cc1ccccc1C(=O)N=CCCCN1CCCNC1. The Morgan fingerprint density at radius 3 is 3.00 bits per heavy atom. The molecule has 1 aliphatic rings. The van der Waals surface area contributed by atoms with E-state index >= 15 is 0 Å². The third-order valence-electron chi connectivity index (χ3n) is 3.50. The van der Waals surface area contributed by atoms with Crippen LogP contribution in [0.4, 0.5) is 0 Å². The first kappa shape index (κ1) is 15.5. The number of hydrogen-bond acceptors (Lipinski definition) is 4. The summed E-state index contributed by atoms with van der Waals surface area (Å²) < 4.78 is 0. The van der Waals surface area contributed by atoms with E-state index in [4.69, 9.17) is 0 Å². The van der Waals surface area contributed by atoms with Crippen molar-refractivity contribution in [2.75, 3.05) is 26.3 Å². The summed E-state index contributed by atoms with van der Waals surface area (Å²) in [6.45, 7) is 4.19. The van der Waals surface area contributed by atoms with Crippen LogP contribution < -0.4 is 5.32 Å².